The molecule has 1 aliphatic carbocycles. The van der Waals surface area contributed by atoms with Crippen molar-refractivity contribution in [2.24, 2.45) is 0 Å². The van der Waals surface area contributed by atoms with E-state index in [-0.39, 0.29) is 0 Å². The molecule has 2 fully saturated rings. The Morgan fingerprint density at radius 2 is 1.84 bits per heavy atom. The van der Waals surface area contributed by atoms with Gasteiger partial charge >= 0.3 is 0 Å². The maximum Gasteiger partial charge on any atom is 0.140 e. The van der Waals surface area contributed by atoms with Crippen LogP contribution in [0, 0.1) is 0 Å². The van der Waals surface area contributed by atoms with Gasteiger partial charge in [-0.1, -0.05) is 12.1 Å². The second-order valence-electron chi connectivity index (χ2n) is 5.30. The molecule has 1 saturated carbocycles. The molecule has 19 heavy (non-hydrogen) atoms. The van der Waals surface area contributed by atoms with Crippen LogP contribution >= 0.6 is 0 Å². The number of hydrogen-bond acceptors (Lipinski definition) is 4. The molecule has 2 heterocycles. The molecule has 1 saturated heterocycles. The van der Waals surface area contributed by atoms with Crippen LogP contribution in [-0.4, -0.2) is 36.3 Å². The summed E-state index contributed by atoms with van der Waals surface area (Å²) < 4.78 is 5.44. The minimum atomic E-state index is 0.587. The summed E-state index contributed by atoms with van der Waals surface area (Å²) in [5.74, 6) is 2.71. The lowest BCUT2D eigenvalue weighted by Crippen LogP contribution is -2.37. The number of hydrogen-bond donors (Lipinski definition) is 0. The van der Waals surface area contributed by atoms with Crippen molar-refractivity contribution in [3.8, 4) is 0 Å². The van der Waals surface area contributed by atoms with Crippen LogP contribution < -0.4 is 4.90 Å². The molecule has 0 atom stereocenters. The number of ether oxygens (including phenoxy) is 1. The molecule has 0 spiro atoms. The van der Waals surface area contributed by atoms with E-state index in [1.807, 2.05) is 0 Å². The number of rotatable bonds is 2. The predicted molar refractivity (Wildman–Crippen MR) is 74.5 cm³/mol. The first kappa shape index (κ1) is 11.2. The van der Waals surface area contributed by atoms with Crippen LogP contribution in [0.1, 0.15) is 24.6 Å². The highest BCUT2D eigenvalue weighted by molar-refractivity contribution is 5.89. The highest BCUT2D eigenvalue weighted by Crippen LogP contribution is 2.39. The van der Waals surface area contributed by atoms with Crippen molar-refractivity contribution in [1.29, 1.82) is 0 Å². The molecule has 2 aliphatic rings. The van der Waals surface area contributed by atoms with E-state index >= 15 is 0 Å². The fraction of sp³-hybridized carbons (Fsp3) is 0.467. The van der Waals surface area contributed by atoms with Gasteiger partial charge in [0.15, 0.2) is 0 Å². The topological polar surface area (TPSA) is 38.2 Å². The van der Waals surface area contributed by atoms with Crippen LogP contribution in [0.15, 0.2) is 24.3 Å². The molecule has 4 rings (SSSR count). The van der Waals surface area contributed by atoms with Gasteiger partial charge in [-0.2, -0.15) is 0 Å². The van der Waals surface area contributed by atoms with E-state index in [1.54, 1.807) is 0 Å². The first-order valence-electron chi connectivity index (χ1n) is 7.01. The Balaban J connectivity index is 1.85. The third-order valence-corrected chi connectivity index (χ3v) is 3.85. The molecule has 98 valence electrons. The fourth-order valence-corrected chi connectivity index (χ4v) is 2.62. The van der Waals surface area contributed by atoms with E-state index in [9.17, 15) is 0 Å². The number of nitrogens with zero attached hydrogens (tertiary/aromatic N) is 3. The Hall–Kier alpha value is -1.68. The number of anilines is 1. The van der Waals surface area contributed by atoms with Crippen molar-refractivity contribution >= 4 is 16.7 Å². The van der Waals surface area contributed by atoms with Gasteiger partial charge in [-0.25, -0.2) is 9.97 Å². The van der Waals surface area contributed by atoms with E-state index in [4.69, 9.17) is 14.7 Å². The SMILES string of the molecule is c1ccc2c(N3CCOCC3)nc(C3CC3)nc2c1. The van der Waals surface area contributed by atoms with Gasteiger partial charge in [0.1, 0.15) is 11.6 Å². The lowest BCUT2D eigenvalue weighted by molar-refractivity contribution is 0.122. The van der Waals surface area contributed by atoms with Crippen molar-refractivity contribution in [3.63, 3.8) is 0 Å². The monoisotopic (exact) mass is 255 g/mol. The fourth-order valence-electron chi connectivity index (χ4n) is 2.62. The molecule has 0 unspecified atom stereocenters. The zero-order valence-corrected chi connectivity index (χ0v) is 10.9. The molecule has 4 heteroatoms. The lowest BCUT2D eigenvalue weighted by atomic mass is 10.2. The van der Waals surface area contributed by atoms with E-state index < -0.39 is 0 Å². The van der Waals surface area contributed by atoms with Gasteiger partial charge in [0.25, 0.3) is 0 Å². The minimum absolute atomic E-state index is 0.587. The van der Waals surface area contributed by atoms with E-state index in [2.05, 4.69) is 29.2 Å². The smallest absolute Gasteiger partial charge is 0.140 e. The van der Waals surface area contributed by atoms with Gasteiger partial charge in [0, 0.05) is 24.4 Å². The van der Waals surface area contributed by atoms with Gasteiger partial charge < -0.3 is 9.64 Å². The normalized spacial score (nSPS) is 19.9. The first-order valence-corrected chi connectivity index (χ1v) is 7.01. The Labute approximate surface area is 112 Å². The zero-order valence-electron chi connectivity index (χ0n) is 10.9. The number of morpholine rings is 1. The van der Waals surface area contributed by atoms with Gasteiger partial charge in [-0.05, 0) is 25.0 Å². The summed E-state index contributed by atoms with van der Waals surface area (Å²) in [5, 5.41) is 1.16. The molecule has 1 aliphatic heterocycles. The van der Waals surface area contributed by atoms with Crippen molar-refractivity contribution in [2.75, 3.05) is 31.2 Å². The predicted octanol–water partition coefficient (Wildman–Crippen LogP) is 2.34. The largest absolute Gasteiger partial charge is 0.378 e. The molecule has 0 amide bonds. The van der Waals surface area contributed by atoms with Gasteiger partial charge in [0.2, 0.25) is 0 Å². The molecule has 0 radical (unpaired) electrons. The van der Waals surface area contributed by atoms with E-state index in [0.29, 0.717) is 5.92 Å². The maximum atomic E-state index is 5.44. The second-order valence-corrected chi connectivity index (χ2v) is 5.30. The molecule has 1 aromatic heterocycles. The van der Waals surface area contributed by atoms with Gasteiger partial charge in [0.05, 0.1) is 18.7 Å². The van der Waals surface area contributed by atoms with Crippen LogP contribution in [0.5, 0.6) is 0 Å². The summed E-state index contributed by atoms with van der Waals surface area (Å²) >= 11 is 0. The third kappa shape index (κ3) is 2.06. The van der Waals surface area contributed by atoms with Crippen LogP contribution in [-0.2, 0) is 4.74 Å². The summed E-state index contributed by atoms with van der Waals surface area (Å²) in [6.07, 6.45) is 2.47. The number of benzene rings is 1. The summed E-state index contributed by atoms with van der Waals surface area (Å²) in [7, 11) is 0. The highest BCUT2D eigenvalue weighted by atomic mass is 16.5. The molecule has 4 nitrogen and oxygen atoms in total. The maximum absolute atomic E-state index is 5.44. The zero-order chi connectivity index (χ0) is 12.7. The van der Waals surface area contributed by atoms with Crippen molar-refractivity contribution in [1.82, 2.24) is 9.97 Å². The minimum Gasteiger partial charge on any atom is -0.378 e. The number of para-hydroxylation sites is 1. The highest BCUT2D eigenvalue weighted by Gasteiger charge is 2.28. The summed E-state index contributed by atoms with van der Waals surface area (Å²) in [4.78, 5) is 11.9. The van der Waals surface area contributed by atoms with E-state index in [0.717, 1.165) is 48.8 Å². The lowest BCUT2D eigenvalue weighted by Gasteiger charge is -2.29. The number of aromatic nitrogens is 2. The molecule has 0 bridgehead atoms. The van der Waals surface area contributed by atoms with Gasteiger partial charge in [-0.3, -0.25) is 0 Å². The first-order chi connectivity index (χ1) is 9.42. The molecular formula is C15H17N3O. The number of fused-ring (bicyclic) bond motifs is 1. The Bertz CT molecular complexity index is 603. The quantitative estimate of drug-likeness (QED) is 0.825. The molecular weight excluding hydrogens is 238 g/mol. The second kappa shape index (κ2) is 4.46. The van der Waals surface area contributed by atoms with Crippen LogP contribution in [0.4, 0.5) is 5.82 Å². The third-order valence-electron chi connectivity index (χ3n) is 3.85. The molecule has 0 N–H and O–H groups in total. The van der Waals surface area contributed by atoms with Crippen LogP contribution in [0.2, 0.25) is 0 Å². The Morgan fingerprint density at radius 1 is 1.05 bits per heavy atom. The summed E-state index contributed by atoms with van der Waals surface area (Å²) in [6.45, 7) is 3.42. The Kier molecular flexibility index (Phi) is 2.62. The van der Waals surface area contributed by atoms with Crippen molar-refractivity contribution < 1.29 is 4.74 Å². The standard InChI is InChI=1S/C15H17N3O/c1-2-4-13-12(3-1)15(18-7-9-19-10-8-18)17-14(16-13)11-5-6-11/h1-4,11H,5-10H2. The van der Waals surface area contributed by atoms with Crippen LogP contribution in [0.3, 0.4) is 0 Å². The molecule has 2 aromatic rings. The summed E-state index contributed by atoms with van der Waals surface area (Å²) in [6, 6.07) is 8.32. The van der Waals surface area contributed by atoms with Crippen molar-refractivity contribution in [2.45, 2.75) is 18.8 Å². The van der Waals surface area contributed by atoms with E-state index in [1.165, 1.54) is 12.8 Å². The Morgan fingerprint density at radius 3 is 2.63 bits per heavy atom. The van der Waals surface area contributed by atoms with Crippen LogP contribution in [0.25, 0.3) is 10.9 Å². The summed E-state index contributed by atoms with van der Waals surface area (Å²) in [5.41, 5.74) is 1.07. The van der Waals surface area contributed by atoms with Gasteiger partial charge in [-0.15, -0.1) is 0 Å². The average Bonchev–Trinajstić information content (AvgIpc) is 3.32. The van der Waals surface area contributed by atoms with Crippen molar-refractivity contribution in [3.05, 3.63) is 30.1 Å². The molecule has 1 aromatic carbocycles. The average molecular weight is 255 g/mol.